The highest BCUT2D eigenvalue weighted by Crippen LogP contribution is 2.44. The van der Waals surface area contributed by atoms with Gasteiger partial charge < -0.3 is 20.5 Å². The number of alkyl carbamates (subject to hydrolysis) is 1. The molecule has 0 bridgehead atoms. The van der Waals surface area contributed by atoms with Gasteiger partial charge in [0, 0.05) is 32.0 Å². The fourth-order valence-corrected chi connectivity index (χ4v) is 5.01. The third-order valence-corrected chi connectivity index (χ3v) is 6.90. The lowest BCUT2D eigenvalue weighted by atomic mass is 9.98. The van der Waals surface area contributed by atoms with Crippen LogP contribution in [-0.4, -0.2) is 60.8 Å². The number of carbonyl (C=O) groups is 3. The van der Waals surface area contributed by atoms with E-state index >= 15 is 0 Å². The van der Waals surface area contributed by atoms with E-state index in [2.05, 4.69) is 34.9 Å². The van der Waals surface area contributed by atoms with Gasteiger partial charge in [-0.15, -0.1) is 0 Å². The second-order valence-electron chi connectivity index (χ2n) is 10.2. The van der Waals surface area contributed by atoms with Gasteiger partial charge in [0.25, 0.3) is 0 Å². The molecule has 0 aromatic heterocycles. The summed E-state index contributed by atoms with van der Waals surface area (Å²) in [5.41, 5.74) is 5.65. The van der Waals surface area contributed by atoms with Gasteiger partial charge in [0.2, 0.25) is 5.91 Å². The van der Waals surface area contributed by atoms with Crippen molar-refractivity contribution < 1.29 is 24.2 Å². The van der Waals surface area contributed by atoms with E-state index in [1.54, 1.807) is 0 Å². The second-order valence-corrected chi connectivity index (χ2v) is 10.2. The zero-order chi connectivity index (χ0) is 27.8. The third-order valence-electron chi connectivity index (χ3n) is 6.90. The number of benzene rings is 3. The summed E-state index contributed by atoms with van der Waals surface area (Å²) in [6.07, 6.45) is -0.467. The molecule has 8 nitrogen and oxygen atoms in total. The maximum absolute atomic E-state index is 12.5. The molecule has 0 aliphatic heterocycles. The quantitative estimate of drug-likeness (QED) is 0.324. The standard InChI is InChI=1S/C31H35N3O5/c1-21(16-29(35)33-28(30(36)37)19-34(2)18-22-10-4-3-5-11-22)17-32-31(38)39-20-27-25-14-8-6-12-23(25)24-13-7-9-15-26(24)27/h3-15,21,27-28H,16-20H2,1-2H3,(H,32,38)(H,33,35)(H,36,37). The predicted octanol–water partition coefficient (Wildman–Crippen LogP) is 4.25. The van der Waals surface area contributed by atoms with Crippen LogP contribution in [0.1, 0.15) is 36.0 Å². The van der Waals surface area contributed by atoms with E-state index in [-0.39, 0.29) is 43.9 Å². The second kappa shape index (κ2) is 13.1. The highest BCUT2D eigenvalue weighted by molar-refractivity contribution is 5.84. The molecule has 3 N–H and O–H groups in total. The van der Waals surface area contributed by atoms with Gasteiger partial charge in [0.1, 0.15) is 12.6 Å². The number of aliphatic carboxylic acids is 1. The zero-order valence-electron chi connectivity index (χ0n) is 22.3. The Morgan fingerprint density at radius 2 is 1.51 bits per heavy atom. The molecule has 1 aliphatic rings. The van der Waals surface area contributed by atoms with Crippen LogP contribution < -0.4 is 10.6 Å². The van der Waals surface area contributed by atoms with Crippen molar-refractivity contribution in [2.75, 3.05) is 26.7 Å². The lowest BCUT2D eigenvalue weighted by Crippen LogP contribution is -2.48. The number of amides is 2. The molecule has 0 spiro atoms. The third kappa shape index (κ3) is 7.45. The van der Waals surface area contributed by atoms with E-state index in [1.807, 2.05) is 73.5 Å². The molecule has 1 aliphatic carbocycles. The Morgan fingerprint density at radius 1 is 0.923 bits per heavy atom. The van der Waals surface area contributed by atoms with Gasteiger partial charge in [-0.2, -0.15) is 0 Å². The molecule has 0 radical (unpaired) electrons. The molecule has 39 heavy (non-hydrogen) atoms. The maximum Gasteiger partial charge on any atom is 0.407 e. The number of fused-ring (bicyclic) bond motifs is 3. The molecule has 0 heterocycles. The minimum atomic E-state index is -1.09. The van der Waals surface area contributed by atoms with Gasteiger partial charge in [-0.1, -0.05) is 85.8 Å². The summed E-state index contributed by atoms with van der Waals surface area (Å²) >= 11 is 0. The van der Waals surface area contributed by atoms with Gasteiger partial charge in [-0.05, 0) is 40.8 Å². The first-order chi connectivity index (χ1) is 18.8. The first-order valence-corrected chi connectivity index (χ1v) is 13.1. The largest absolute Gasteiger partial charge is 0.480 e. The summed E-state index contributed by atoms with van der Waals surface area (Å²) in [5.74, 6) is -1.70. The molecule has 0 saturated carbocycles. The molecule has 4 rings (SSSR count). The summed E-state index contributed by atoms with van der Waals surface area (Å²) in [4.78, 5) is 38.6. The van der Waals surface area contributed by atoms with Gasteiger partial charge in [-0.25, -0.2) is 9.59 Å². The van der Waals surface area contributed by atoms with Crippen LogP contribution in [0.4, 0.5) is 4.79 Å². The highest BCUT2D eigenvalue weighted by atomic mass is 16.5. The number of likely N-dealkylation sites (N-methyl/N-ethyl adjacent to an activating group) is 1. The molecule has 2 atom stereocenters. The average Bonchev–Trinajstić information content (AvgIpc) is 3.24. The van der Waals surface area contributed by atoms with Crippen molar-refractivity contribution in [1.82, 2.24) is 15.5 Å². The number of nitrogens with zero attached hydrogens (tertiary/aromatic N) is 1. The van der Waals surface area contributed by atoms with Gasteiger partial charge in [-0.3, -0.25) is 9.69 Å². The Bertz CT molecular complexity index is 1250. The monoisotopic (exact) mass is 529 g/mol. The summed E-state index contributed by atoms with van der Waals surface area (Å²) in [6.45, 7) is 3.01. The van der Waals surface area contributed by atoms with Gasteiger partial charge >= 0.3 is 12.1 Å². The lowest BCUT2D eigenvalue weighted by molar-refractivity contribution is -0.142. The SMILES string of the molecule is CC(CNC(=O)OCC1c2ccccc2-c2ccccc21)CC(=O)NC(CN(C)Cc1ccccc1)C(=O)O. The number of carboxylic acid groups (broad SMARTS) is 1. The summed E-state index contributed by atoms with van der Waals surface area (Å²) in [7, 11) is 1.82. The highest BCUT2D eigenvalue weighted by Gasteiger charge is 2.29. The van der Waals surface area contributed by atoms with Gasteiger partial charge in [0.05, 0.1) is 0 Å². The minimum absolute atomic E-state index is 0.0284. The van der Waals surface area contributed by atoms with E-state index in [4.69, 9.17) is 4.74 Å². The molecular formula is C31H35N3O5. The number of nitrogens with one attached hydrogen (secondary N) is 2. The summed E-state index contributed by atoms with van der Waals surface area (Å²) in [5, 5.41) is 14.9. The molecule has 2 unspecified atom stereocenters. The van der Waals surface area contributed by atoms with Crippen molar-refractivity contribution in [3.8, 4) is 11.1 Å². The van der Waals surface area contributed by atoms with Crippen LogP contribution in [0.5, 0.6) is 0 Å². The Kier molecular flexibility index (Phi) is 9.33. The van der Waals surface area contributed by atoms with Crippen molar-refractivity contribution in [1.29, 1.82) is 0 Å². The number of carboxylic acids is 1. The fourth-order valence-electron chi connectivity index (χ4n) is 5.01. The fraction of sp³-hybridized carbons (Fsp3) is 0.323. The number of ether oxygens (including phenoxy) is 1. The molecule has 0 fully saturated rings. The van der Waals surface area contributed by atoms with Crippen molar-refractivity contribution in [3.63, 3.8) is 0 Å². The van der Waals surface area contributed by atoms with Crippen LogP contribution in [0.15, 0.2) is 78.9 Å². The van der Waals surface area contributed by atoms with E-state index in [1.165, 1.54) is 0 Å². The molecule has 0 saturated heterocycles. The van der Waals surface area contributed by atoms with Crippen molar-refractivity contribution in [2.24, 2.45) is 5.92 Å². The number of carbonyl (C=O) groups excluding carboxylic acids is 2. The Hall–Kier alpha value is -4.17. The average molecular weight is 530 g/mol. The van der Waals surface area contributed by atoms with E-state index in [9.17, 15) is 19.5 Å². The van der Waals surface area contributed by atoms with Crippen LogP contribution in [0.3, 0.4) is 0 Å². The van der Waals surface area contributed by atoms with E-state index < -0.39 is 18.1 Å². The molecule has 8 heteroatoms. The van der Waals surface area contributed by atoms with Crippen LogP contribution in [0, 0.1) is 5.92 Å². The van der Waals surface area contributed by atoms with Gasteiger partial charge in [0.15, 0.2) is 0 Å². The molecule has 2 amide bonds. The number of hydrogen-bond acceptors (Lipinski definition) is 5. The Morgan fingerprint density at radius 3 is 2.13 bits per heavy atom. The molecule has 3 aromatic carbocycles. The van der Waals surface area contributed by atoms with Crippen LogP contribution in [-0.2, 0) is 20.9 Å². The molecular weight excluding hydrogens is 494 g/mol. The van der Waals surface area contributed by atoms with Crippen molar-refractivity contribution in [3.05, 3.63) is 95.6 Å². The maximum atomic E-state index is 12.5. The first-order valence-electron chi connectivity index (χ1n) is 13.1. The Balaban J connectivity index is 1.21. The van der Waals surface area contributed by atoms with Crippen LogP contribution in [0.2, 0.25) is 0 Å². The predicted molar refractivity (Wildman–Crippen MR) is 149 cm³/mol. The number of hydrogen-bond donors (Lipinski definition) is 3. The normalized spacial score (nSPS) is 13.7. The smallest absolute Gasteiger partial charge is 0.407 e. The van der Waals surface area contributed by atoms with E-state index in [0.717, 1.165) is 27.8 Å². The summed E-state index contributed by atoms with van der Waals surface area (Å²) < 4.78 is 5.55. The lowest BCUT2D eigenvalue weighted by Gasteiger charge is -2.23. The van der Waals surface area contributed by atoms with Crippen LogP contribution in [0.25, 0.3) is 11.1 Å². The zero-order valence-corrected chi connectivity index (χ0v) is 22.3. The number of rotatable bonds is 12. The van der Waals surface area contributed by atoms with Crippen LogP contribution >= 0.6 is 0 Å². The van der Waals surface area contributed by atoms with E-state index in [0.29, 0.717) is 6.54 Å². The topological polar surface area (TPSA) is 108 Å². The first kappa shape index (κ1) is 27.9. The Labute approximate surface area is 229 Å². The summed E-state index contributed by atoms with van der Waals surface area (Å²) in [6, 6.07) is 25.0. The minimum Gasteiger partial charge on any atom is -0.480 e. The molecule has 204 valence electrons. The van der Waals surface area contributed by atoms with Crippen molar-refractivity contribution in [2.45, 2.75) is 31.8 Å². The molecule has 3 aromatic rings. The van der Waals surface area contributed by atoms with Crippen molar-refractivity contribution >= 4 is 18.0 Å².